The highest BCUT2D eigenvalue weighted by molar-refractivity contribution is 6.04. The van der Waals surface area contributed by atoms with Gasteiger partial charge in [0.15, 0.2) is 0 Å². The summed E-state index contributed by atoms with van der Waals surface area (Å²) in [6.45, 7) is 0. The van der Waals surface area contributed by atoms with E-state index in [1.807, 2.05) is 0 Å². The van der Waals surface area contributed by atoms with Crippen LogP contribution in [0.3, 0.4) is 0 Å². The number of para-hydroxylation sites is 2. The van der Waals surface area contributed by atoms with Gasteiger partial charge in [-0.2, -0.15) is 4.98 Å². The van der Waals surface area contributed by atoms with Gasteiger partial charge in [0.25, 0.3) is 5.56 Å². The van der Waals surface area contributed by atoms with Gasteiger partial charge in [-0.05, 0) is 24.3 Å². The summed E-state index contributed by atoms with van der Waals surface area (Å²) in [5, 5.41) is 7.78. The van der Waals surface area contributed by atoms with Gasteiger partial charge in [0.05, 0.1) is 24.3 Å². The molecule has 13 heteroatoms. The topological polar surface area (TPSA) is 134 Å². The third kappa shape index (κ3) is 5.51. The van der Waals surface area contributed by atoms with Crippen molar-refractivity contribution in [2.24, 2.45) is 0 Å². The van der Waals surface area contributed by atoms with E-state index in [-0.39, 0.29) is 29.4 Å². The number of carbonyl (C=O) groups is 2. The summed E-state index contributed by atoms with van der Waals surface area (Å²) in [6, 6.07) is 11.5. The number of amides is 2. The maximum absolute atomic E-state index is 12.9. The third-order valence-electron chi connectivity index (χ3n) is 4.96. The van der Waals surface area contributed by atoms with E-state index in [1.165, 1.54) is 19.2 Å². The van der Waals surface area contributed by atoms with Crippen molar-refractivity contribution in [2.45, 2.75) is 18.7 Å². The Balaban J connectivity index is 1.60. The van der Waals surface area contributed by atoms with Gasteiger partial charge in [0, 0.05) is 18.2 Å². The highest BCUT2D eigenvalue weighted by Gasteiger charge is 2.35. The molecule has 1 unspecified atom stereocenters. The maximum Gasteiger partial charge on any atom is 0.573 e. The number of carbonyl (C=O) groups excluding carboxylic acids is 2. The van der Waals surface area contributed by atoms with Crippen LogP contribution in [-0.4, -0.2) is 35.3 Å². The molecular formula is C22H18F3N5O5. The molecule has 1 aromatic heterocycles. The van der Waals surface area contributed by atoms with Crippen molar-refractivity contribution >= 4 is 35.0 Å². The van der Waals surface area contributed by atoms with Crippen LogP contribution >= 0.6 is 0 Å². The Labute approximate surface area is 195 Å². The maximum atomic E-state index is 12.9. The summed E-state index contributed by atoms with van der Waals surface area (Å²) in [7, 11) is 1.47. The van der Waals surface area contributed by atoms with E-state index in [9.17, 15) is 27.6 Å². The molecule has 0 saturated heterocycles. The van der Waals surface area contributed by atoms with E-state index < -0.39 is 35.4 Å². The molecule has 182 valence electrons. The molecule has 2 heterocycles. The largest absolute Gasteiger partial charge is 0.573 e. The summed E-state index contributed by atoms with van der Waals surface area (Å²) in [5.41, 5.74) is -0.282. The average Bonchev–Trinajstić information content (AvgIpc) is 2.77. The van der Waals surface area contributed by atoms with Gasteiger partial charge in [-0.15, -0.1) is 13.2 Å². The number of anilines is 4. The lowest BCUT2D eigenvalue weighted by Crippen LogP contribution is -2.36. The number of halogens is 3. The standard InChI is InChI=1S/C22H18F3N5O5/c1-34-15-8-3-2-7-14(15)27-21-29-18-17(20(33)30-21)13(10-16(31)28-18)19(32)26-11-5-4-6-12(9-11)35-22(23,24)25/h2-9,13H,10H2,1H3,(H,26,32)(H3,27,28,29,30,31,33). The molecule has 0 spiro atoms. The fourth-order valence-electron chi connectivity index (χ4n) is 3.53. The fourth-order valence-corrected chi connectivity index (χ4v) is 3.53. The molecule has 0 bridgehead atoms. The zero-order chi connectivity index (χ0) is 25.2. The highest BCUT2D eigenvalue weighted by atomic mass is 19.4. The Morgan fingerprint density at radius 3 is 2.66 bits per heavy atom. The molecule has 0 radical (unpaired) electrons. The quantitative estimate of drug-likeness (QED) is 0.416. The van der Waals surface area contributed by atoms with Gasteiger partial charge >= 0.3 is 6.36 Å². The van der Waals surface area contributed by atoms with Gasteiger partial charge < -0.3 is 25.4 Å². The van der Waals surface area contributed by atoms with Gasteiger partial charge in [0.1, 0.15) is 17.3 Å². The van der Waals surface area contributed by atoms with Crippen LogP contribution in [0.15, 0.2) is 53.3 Å². The number of fused-ring (bicyclic) bond motifs is 1. The highest BCUT2D eigenvalue weighted by Crippen LogP contribution is 2.32. The van der Waals surface area contributed by atoms with E-state index in [4.69, 9.17) is 4.74 Å². The van der Waals surface area contributed by atoms with Crippen LogP contribution < -0.4 is 31.0 Å². The molecule has 4 rings (SSSR count). The van der Waals surface area contributed by atoms with Gasteiger partial charge in [-0.3, -0.25) is 19.4 Å². The second-order valence-electron chi connectivity index (χ2n) is 7.37. The number of hydrogen-bond acceptors (Lipinski definition) is 7. The second-order valence-corrected chi connectivity index (χ2v) is 7.37. The van der Waals surface area contributed by atoms with Crippen molar-refractivity contribution in [1.82, 2.24) is 9.97 Å². The van der Waals surface area contributed by atoms with Crippen molar-refractivity contribution in [3.05, 3.63) is 64.4 Å². The smallest absolute Gasteiger partial charge is 0.495 e. The number of nitrogens with one attached hydrogen (secondary N) is 4. The molecule has 1 atom stereocenters. The Hall–Kier alpha value is -4.55. The Kier molecular flexibility index (Phi) is 6.32. The molecule has 10 nitrogen and oxygen atoms in total. The number of hydrogen-bond donors (Lipinski definition) is 4. The van der Waals surface area contributed by atoms with Crippen LogP contribution in [0.1, 0.15) is 17.9 Å². The normalized spacial score (nSPS) is 15.0. The first kappa shape index (κ1) is 23.6. The number of nitrogens with zero attached hydrogens (tertiary/aromatic N) is 1. The third-order valence-corrected chi connectivity index (χ3v) is 4.96. The number of ether oxygens (including phenoxy) is 2. The fraction of sp³-hybridized carbons (Fsp3) is 0.182. The minimum Gasteiger partial charge on any atom is -0.495 e. The lowest BCUT2D eigenvalue weighted by atomic mass is 9.92. The zero-order valence-corrected chi connectivity index (χ0v) is 18.0. The molecule has 4 N–H and O–H groups in total. The Morgan fingerprint density at radius 2 is 1.91 bits per heavy atom. The zero-order valence-electron chi connectivity index (χ0n) is 18.0. The van der Waals surface area contributed by atoms with Gasteiger partial charge in [0.2, 0.25) is 17.8 Å². The summed E-state index contributed by atoms with van der Waals surface area (Å²) in [4.78, 5) is 44.8. The molecule has 0 fully saturated rings. The first-order valence-corrected chi connectivity index (χ1v) is 10.1. The van der Waals surface area contributed by atoms with Crippen molar-refractivity contribution in [3.8, 4) is 11.5 Å². The van der Waals surface area contributed by atoms with E-state index in [0.717, 1.165) is 12.1 Å². The minimum absolute atomic E-state index is 0.00314. The van der Waals surface area contributed by atoms with E-state index in [2.05, 4.69) is 30.7 Å². The molecule has 35 heavy (non-hydrogen) atoms. The van der Waals surface area contributed by atoms with Crippen LogP contribution in [0.5, 0.6) is 11.5 Å². The number of aromatic amines is 1. The monoisotopic (exact) mass is 489 g/mol. The van der Waals surface area contributed by atoms with Gasteiger partial charge in [-0.1, -0.05) is 18.2 Å². The SMILES string of the molecule is COc1ccccc1Nc1nc2c(c(=O)[nH]1)C(C(=O)Nc1cccc(OC(F)(F)F)c1)CC(=O)N2. The van der Waals surface area contributed by atoms with E-state index in [1.54, 1.807) is 24.3 Å². The number of benzene rings is 2. The molecule has 1 aliphatic rings. The molecule has 1 aliphatic heterocycles. The Bertz CT molecular complexity index is 1340. The number of H-pyrrole nitrogens is 1. The first-order valence-electron chi connectivity index (χ1n) is 10.1. The van der Waals surface area contributed by atoms with E-state index in [0.29, 0.717) is 11.4 Å². The number of methoxy groups -OCH3 is 1. The summed E-state index contributed by atoms with van der Waals surface area (Å²) >= 11 is 0. The molecular weight excluding hydrogens is 471 g/mol. The van der Waals surface area contributed by atoms with E-state index >= 15 is 0 Å². The molecule has 2 amide bonds. The van der Waals surface area contributed by atoms with Crippen LogP contribution in [0, 0.1) is 0 Å². The minimum atomic E-state index is -4.91. The Morgan fingerprint density at radius 1 is 1.14 bits per heavy atom. The predicted octanol–water partition coefficient (Wildman–Crippen LogP) is 3.49. The van der Waals surface area contributed by atoms with Crippen molar-refractivity contribution in [2.75, 3.05) is 23.1 Å². The molecule has 0 saturated carbocycles. The van der Waals surface area contributed by atoms with Crippen LogP contribution in [-0.2, 0) is 9.59 Å². The lowest BCUT2D eigenvalue weighted by molar-refractivity contribution is -0.274. The lowest BCUT2D eigenvalue weighted by Gasteiger charge is -2.24. The predicted molar refractivity (Wildman–Crippen MR) is 119 cm³/mol. The average molecular weight is 489 g/mol. The van der Waals surface area contributed by atoms with Crippen LogP contribution in [0.4, 0.5) is 36.3 Å². The molecule has 0 aliphatic carbocycles. The first-order chi connectivity index (χ1) is 16.6. The van der Waals surface area contributed by atoms with Crippen LogP contribution in [0.2, 0.25) is 0 Å². The van der Waals surface area contributed by atoms with Gasteiger partial charge in [-0.25, -0.2) is 0 Å². The van der Waals surface area contributed by atoms with Crippen molar-refractivity contribution in [1.29, 1.82) is 0 Å². The van der Waals surface area contributed by atoms with Crippen molar-refractivity contribution in [3.63, 3.8) is 0 Å². The summed E-state index contributed by atoms with van der Waals surface area (Å²) in [6.07, 6.45) is -5.26. The summed E-state index contributed by atoms with van der Waals surface area (Å²) < 4.78 is 46.5. The number of rotatable bonds is 6. The van der Waals surface area contributed by atoms with Crippen LogP contribution in [0.25, 0.3) is 0 Å². The summed E-state index contributed by atoms with van der Waals surface area (Å²) in [5.74, 6) is -2.75. The number of aromatic nitrogens is 2. The number of alkyl halides is 3. The molecule has 3 aromatic rings. The second kappa shape index (κ2) is 9.37. The van der Waals surface area contributed by atoms with Crippen molar-refractivity contribution < 1.29 is 32.2 Å². The molecule has 2 aromatic carbocycles.